The van der Waals surface area contributed by atoms with Crippen LogP contribution in [0.25, 0.3) is 0 Å². The van der Waals surface area contributed by atoms with E-state index in [0.717, 1.165) is 50.5 Å². The molecule has 2 aliphatic heterocycles. The van der Waals surface area contributed by atoms with E-state index in [-0.39, 0.29) is 35.3 Å². The Bertz CT molecular complexity index is 1500. The predicted octanol–water partition coefficient (Wildman–Crippen LogP) is 4.60. The average molecular weight is 630 g/mol. The summed E-state index contributed by atoms with van der Waals surface area (Å²) in [5, 5.41) is 27.3. The number of amides is 1. The molecule has 1 amide bonds. The fourth-order valence-electron chi connectivity index (χ4n) is 5.76. The minimum Gasteiger partial charge on any atom is -0.371 e. The number of nitro benzene ring substituents is 2. The molecule has 1 atom stereocenters. The quantitative estimate of drug-likeness (QED) is 0.212. The zero-order valence-electron chi connectivity index (χ0n) is 25.1. The third-order valence-corrected chi connectivity index (χ3v) is 10.1. The number of rotatable bonds is 11. The molecule has 4 rings (SSSR count). The van der Waals surface area contributed by atoms with Crippen molar-refractivity contribution in [1.82, 2.24) is 9.21 Å². The summed E-state index contributed by atoms with van der Waals surface area (Å²) in [5.74, 6) is -0.633. The summed E-state index contributed by atoms with van der Waals surface area (Å²) in [5.41, 5.74) is 3.45. The van der Waals surface area contributed by atoms with Gasteiger partial charge in [0.05, 0.1) is 27.7 Å². The van der Waals surface area contributed by atoms with Gasteiger partial charge in [0.25, 0.3) is 11.4 Å². The Kier molecular flexibility index (Phi) is 10.9. The average Bonchev–Trinajstić information content (AvgIpc) is 3.31. The topological polar surface area (TPSA) is 172 Å². The van der Waals surface area contributed by atoms with E-state index in [2.05, 4.69) is 15.4 Å². The number of nitrogens with zero attached hydrogens (tertiary/aromatic N) is 6. The smallest absolute Gasteiger partial charge is 0.270 e. The fourth-order valence-corrected chi connectivity index (χ4v) is 7.44. The van der Waals surface area contributed by atoms with Gasteiger partial charge in [-0.1, -0.05) is 12.8 Å². The lowest BCUT2D eigenvalue weighted by Gasteiger charge is -2.34. The van der Waals surface area contributed by atoms with Crippen molar-refractivity contribution >= 4 is 44.9 Å². The molecule has 2 aliphatic rings. The Morgan fingerprint density at radius 1 is 0.977 bits per heavy atom. The summed E-state index contributed by atoms with van der Waals surface area (Å²) in [6.07, 6.45) is 6.61. The number of carbonyl (C=O) groups is 1. The molecule has 14 nitrogen and oxygen atoms in total. The standard InChI is InChI=1S/C29H39N7O7S/c1-3-32(4-2)29(37)22-10-9-17-34(21-22)44(42,43)28-19-25(36(40)41)11-13-26(28)31-30-20-23-18-24(35(38)39)12-14-27(23)33-15-7-5-6-8-16-33/h11-14,18-20,22,31H,3-10,15-17,21H2,1-2H3/b30-20-/t22-/m0/s1. The molecule has 0 aliphatic carbocycles. The number of hydrogen-bond donors (Lipinski definition) is 1. The van der Waals surface area contributed by atoms with Gasteiger partial charge in [0.1, 0.15) is 4.90 Å². The molecule has 0 unspecified atom stereocenters. The molecule has 2 aromatic carbocycles. The summed E-state index contributed by atoms with van der Waals surface area (Å²) < 4.78 is 29.0. The van der Waals surface area contributed by atoms with Crippen LogP contribution in [-0.2, 0) is 14.8 Å². The molecule has 0 aromatic heterocycles. The van der Waals surface area contributed by atoms with Crippen molar-refractivity contribution in [2.24, 2.45) is 11.0 Å². The first-order valence-electron chi connectivity index (χ1n) is 15.0. The monoisotopic (exact) mass is 629 g/mol. The molecule has 0 spiro atoms. The van der Waals surface area contributed by atoms with Crippen LogP contribution >= 0.6 is 0 Å². The van der Waals surface area contributed by atoms with E-state index in [9.17, 15) is 33.4 Å². The van der Waals surface area contributed by atoms with Crippen LogP contribution in [0.3, 0.4) is 0 Å². The highest BCUT2D eigenvalue weighted by atomic mass is 32.2. The molecule has 0 bridgehead atoms. The first-order chi connectivity index (χ1) is 21.1. The summed E-state index contributed by atoms with van der Waals surface area (Å²) in [6.45, 7) is 6.49. The van der Waals surface area contributed by atoms with Crippen LogP contribution in [0.15, 0.2) is 46.4 Å². The van der Waals surface area contributed by atoms with E-state index in [1.165, 1.54) is 34.8 Å². The third kappa shape index (κ3) is 7.50. The Morgan fingerprint density at radius 3 is 2.25 bits per heavy atom. The second-order valence-electron chi connectivity index (χ2n) is 10.9. The fraction of sp³-hybridized carbons (Fsp3) is 0.517. The SMILES string of the molecule is CCN(CC)C(=O)[C@H]1CCCN(S(=O)(=O)c2cc([N+](=O)[O-])ccc2N/N=C\c2cc([N+](=O)[O-])ccc2N2CCCCCC2)C1. The number of non-ortho nitro benzene ring substituents is 2. The number of carbonyl (C=O) groups excluding carboxylic acids is 1. The lowest BCUT2D eigenvalue weighted by atomic mass is 9.98. The largest absolute Gasteiger partial charge is 0.371 e. The molecule has 0 radical (unpaired) electrons. The Hall–Kier alpha value is -4.11. The third-order valence-electron chi connectivity index (χ3n) is 8.16. The maximum absolute atomic E-state index is 13.9. The van der Waals surface area contributed by atoms with Crippen LogP contribution in [0.4, 0.5) is 22.7 Å². The van der Waals surface area contributed by atoms with Crippen molar-refractivity contribution < 1.29 is 23.1 Å². The molecular weight excluding hydrogens is 590 g/mol. The minimum atomic E-state index is -4.27. The van der Waals surface area contributed by atoms with Gasteiger partial charge in [-0.05, 0) is 51.7 Å². The Morgan fingerprint density at radius 2 is 1.61 bits per heavy atom. The van der Waals surface area contributed by atoms with Gasteiger partial charge in [-0.2, -0.15) is 9.41 Å². The van der Waals surface area contributed by atoms with Gasteiger partial charge in [-0.25, -0.2) is 8.42 Å². The highest BCUT2D eigenvalue weighted by molar-refractivity contribution is 7.89. The minimum absolute atomic E-state index is 0.00537. The van der Waals surface area contributed by atoms with Gasteiger partial charge in [-0.15, -0.1) is 0 Å². The van der Waals surface area contributed by atoms with Gasteiger partial charge >= 0.3 is 0 Å². The van der Waals surface area contributed by atoms with Crippen molar-refractivity contribution in [3.63, 3.8) is 0 Å². The number of hydrogen-bond acceptors (Lipinski definition) is 10. The maximum atomic E-state index is 13.9. The first-order valence-corrected chi connectivity index (χ1v) is 16.4. The summed E-state index contributed by atoms with van der Waals surface area (Å²) in [4.78, 5) is 38.4. The van der Waals surface area contributed by atoms with E-state index in [1.807, 2.05) is 13.8 Å². The first kappa shape index (κ1) is 32.8. The van der Waals surface area contributed by atoms with Crippen LogP contribution in [-0.4, -0.2) is 78.9 Å². The number of anilines is 2. The van der Waals surface area contributed by atoms with Crippen LogP contribution in [0.2, 0.25) is 0 Å². The zero-order valence-corrected chi connectivity index (χ0v) is 25.9. The molecule has 238 valence electrons. The van der Waals surface area contributed by atoms with Gasteiger partial charge in [0, 0.05) is 74.8 Å². The van der Waals surface area contributed by atoms with Crippen molar-refractivity contribution in [1.29, 1.82) is 0 Å². The van der Waals surface area contributed by atoms with Gasteiger partial charge in [0.2, 0.25) is 15.9 Å². The van der Waals surface area contributed by atoms with E-state index in [0.29, 0.717) is 31.5 Å². The predicted molar refractivity (Wildman–Crippen MR) is 168 cm³/mol. The number of hydrazone groups is 1. The number of nitro groups is 2. The molecule has 1 N–H and O–H groups in total. The highest BCUT2D eigenvalue weighted by Gasteiger charge is 2.36. The van der Waals surface area contributed by atoms with Crippen LogP contribution in [0.5, 0.6) is 0 Å². The van der Waals surface area contributed by atoms with E-state index in [4.69, 9.17) is 0 Å². The molecule has 44 heavy (non-hydrogen) atoms. The maximum Gasteiger partial charge on any atom is 0.270 e. The second-order valence-corrected chi connectivity index (χ2v) is 12.8. The lowest BCUT2D eigenvalue weighted by Crippen LogP contribution is -2.46. The molecular formula is C29H39N7O7S. The lowest BCUT2D eigenvalue weighted by molar-refractivity contribution is -0.385. The van der Waals surface area contributed by atoms with Crippen molar-refractivity contribution in [3.8, 4) is 0 Å². The van der Waals surface area contributed by atoms with Crippen molar-refractivity contribution in [2.75, 3.05) is 49.6 Å². The van der Waals surface area contributed by atoms with E-state index < -0.39 is 31.5 Å². The normalized spacial score (nSPS) is 18.1. The van der Waals surface area contributed by atoms with E-state index >= 15 is 0 Å². The molecule has 2 heterocycles. The zero-order chi connectivity index (χ0) is 31.9. The highest BCUT2D eigenvalue weighted by Crippen LogP contribution is 2.32. The number of nitrogens with one attached hydrogen (secondary N) is 1. The Balaban J connectivity index is 1.65. The molecule has 2 aromatic rings. The van der Waals surface area contributed by atoms with Crippen molar-refractivity contribution in [3.05, 3.63) is 62.2 Å². The summed E-state index contributed by atoms with van der Waals surface area (Å²) >= 11 is 0. The molecule has 15 heteroatoms. The second kappa shape index (κ2) is 14.6. The molecule has 2 fully saturated rings. The van der Waals surface area contributed by atoms with Gasteiger partial charge in [-0.3, -0.25) is 30.4 Å². The number of piperidine rings is 1. The van der Waals surface area contributed by atoms with Crippen LogP contribution in [0, 0.1) is 26.1 Å². The number of benzene rings is 2. The summed E-state index contributed by atoms with van der Waals surface area (Å²) in [7, 11) is -4.27. The number of sulfonamides is 1. The molecule has 0 saturated carbocycles. The summed E-state index contributed by atoms with van der Waals surface area (Å²) in [6, 6.07) is 7.99. The van der Waals surface area contributed by atoms with Gasteiger partial charge in [0.15, 0.2) is 0 Å². The van der Waals surface area contributed by atoms with Crippen molar-refractivity contribution in [2.45, 2.75) is 57.3 Å². The van der Waals surface area contributed by atoms with Crippen LogP contribution in [0.1, 0.15) is 57.9 Å². The van der Waals surface area contributed by atoms with Gasteiger partial charge < -0.3 is 9.80 Å². The molecule has 2 saturated heterocycles. The Labute approximate surface area is 257 Å². The van der Waals surface area contributed by atoms with Crippen LogP contribution < -0.4 is 10.3 Å². The van der Waals surface area contributed by atoms with E-state index in [1.54, 1.807) is 11.0 Å².